The predicted octanol–water partition coefficient (Wildman–Crippen LogP) is 4.29. The van der Waals surface area contributed by atoms with Crippen molar-refractivity contribution in [3.05, 3.63) is 81.1 Å². The van der Waals surface area contributed by atoms with Crippen molar-refractivity contribution in [3.63, 3.8) is 0 Å². The van der Waals surface area contributed by atoms with E-state index in [9.17, 15) is 19.5 Å². The first-order valence-electron chi connectivity index (χ1n) is 14.2. The lowest BCUT2D eigenvalue weighted by molar-refractivity contribution is 0.0876. The third-order valence-corrected chi connectivity index (χ3v) is 7.94. The molecule has 11 nitrogen and oxygen atoms in total. The number of aromatic nitrogens is 1. The fourth-order valence-corrected chi connectivity index (χ4v) is 5.71. The zero-order valence-electron chi connectivity index (χ0n) is 24.7. The van der Waals surface area contributed by atoms with Crippen LogP contribution in [-0.2, 0) is 17.9 Å². The molecule has 3 aromatic carbocycles. The van der Waals surface area contributed by atoms with E-state index in [1.807, 2.05) is 31.2 Å². The summed E-state index contributed by atoms with van der Waals surface area (Å²) in [4.78, 5) is 42.3. The highest BCUT2D eigenvalue weighted by atomic mass is 16.7. The van der Waals surface area contributed by atoms with E-state index in [0.717, 1.165) is 11.1 Å². The van der Waals surface area contributed by atoms with Crippen molar-refractivity contribution in [1.29, 1.82) is 0 Å². The molecule has 228 valence electrons. The minimum Gasteiger partial charge on any atom is -0.493 e. The number of aliphatic hydroxyl groups is 1. The van der Waals surface area contributed by atoms with Gasteiger partial charge in [-0.1, -0.05) is 29.8 Å². The average molecular weight is 601 g/mol. The topological polar surface area (TPSA) is 126 Å². The van der Waals surface area contributed by atoms with Gasteiger partial charge >= 0.3 is 6.09 Å². The van der Waals surface area contributed by atoms with Gasteiger partial charge in [0, 0.05) is 36.1 Å². The van der Waals surface area contributed by atoms with E-state index in [2.05, 4.69) is 0 Å². The van der Waals surface area contributed by atoms with Gasteiger partial charge in [-0.15, -0.1) is 0 Å². The van der Waals surface area contributed by atoms with Crippen LogP contribution in [0.25, 0.3) is 22.0 Å². The number of rotatable bonds is 10. The van der Waals surface area contributed by atoms with Crippen LogP contribution in [0.15, 0.2) is 53.3 Å². The van der Waals surface area contributed by atoms with Crippen LogP contribution >= 0.6 is 0 Å². The van der Waals surface area contributed by atoms with E-state index in [0.29, 0.717) is 62.6 Å². The van der Waals surface area contributed by atoms with Crippen molar-refractivity contribution < 1.29 is 38.4 Å². The largest absolute Gasteiger partial charge is 0.493 e. The Balaban J connectivity index is 1.34. The summed E-state index contributed by atoms with van der Waals surface area (Å²) in [5.74, 6) is 1.45. The van der Waals surface area contributed by atoms with E-state index in [4.69, 9.17) is 23.7 Å². The van der Waals surface area contributed by atoms with E-state index < -0.39 is 6.09 Å². The fraction of sp³-hybridized carbons (Fsp3) is 0.303. The maximum Gasteiger partial charge on any atom is 0.410 e. The number of fused-ring (bicyclic) bond motifs is 6. The van der Waals surface area contributed by atoms with Crippen molar-refractivity contribution in [1.82, 2.24) is 9.47 Å². The molecule has 1 aliphatic carbocycles. The summed E-state index contributed by atoms with van der Waals surface area (Å²) in [6.45, 7) is 2.33. The molecule has 6 rings (SSSR count). The number of aryl methyl sites for hydroxylation is 1. The standard InChI is InChI=1S/C33H32N2O9/c1-19-5-7-20(8-6-19)17-42-33(39)34(11-12-36)9-4-10-35-30-22-14-27-28(44-18-43-27)15-23(22)31(37)29(30)21-13-25(40-2)26(41-3)16-24(21)32(35)38/h5-8,13-16,36H,4,9-12,17-18H2,1-3H3. The second kappa shape index (κ2) is 11.9. The zero-order chi connectivity index (χ0) is 31.0. The number of hydrogen-bond acceptors (Lipinski definition) is 9. The molecule has 44 heavy (non-hydrogen) atoms. The Labute approximate surface area is 253 Å². The normalized spacial score (nSPS) is 12.7. The van der Waals surface area contributed by atoms with Gasteiger partial charge in [-0.05, 0) is 43.2 Å². The first-order valence-corrected chi connectivity index (χ1v) is 14.2. The molecule has 1 N–H and O–H groups in total. The number of amides is 1. The van der Waals surface area contributed by atoms with Crippen molar-refractivity contribution in [2.45, 2.75) is 26.5 Å². The number of carbonyl (C=O) groups is 2. The van der Waals surface area contributed by atoms with Gasteiger partial charge in [0.25, 0.3) is 5.56 Å². The molecule has 2 aliphatic rings. The van der Waals surface area contributed by atoms with Gasteiger partial charge < -0.3 is 38.3 Å². The van der Waals surface area contributed by atoms with Crippen LogP contribution in [0, 0.1) is 6.92 Å². The van der Waals surface area contributed by atoms with E-state index in [1.165, 1.54) is 19.1 Å². The fourth-order valence-electron chi connectivity index (χ4n) is 5.71. The maximum absolute atomic E-state index is 14.1. The molecule has 11 heteroatoms. The molecule has 0 radical (unpaired) electrons. The summed E-state index contributed by atoms with van der Waals surface area (Å²) < 4.78 is 29.1. The number of benzene rings is 3. The number of carbonyl (C=O) groups excluding carboxylic acids is 2. The van der Waals surface area contributed by atoms with E-state index in [-0.39, 0.29) is 51.0 Å². The molecule has 1 aromatic heterocycles. The molecule has 0 saturated heterocycles. The number of ketones is 1. The Morgan fingerprint density at radius 3 is 2.25 bits per heavy atom. The van der Waals surface area contributed by atoms with Crippen LogP contribution in [0.4, 0.5) is 4.79 Å². The number of methoxy groups -OCH3 is 2. The third-order valence-electron chi connectivity index (χ3n) is 7.94. The number of aliphatic hydroxyl groups excluding tert-OH is 1. The van der Waals surface area contributed by atoms with Crippen LogP contribution in [0.5, 0.6) is 23.0 Å². The summed E-state index contributed by atoms with van der Waals surface area (Å²) in [7, 11) is 2.97. The quantitative estimate of drug-likeness (QED) is 0.250. The van der Waals surface area contributed by atoms with Crippen LogP contribution in [0.2, 0.25) is 0 Å². The van der Waals surface area contributed by atoms with Gasteiger partial charge in [0.2, 0.25) is 6.79 Å². The van der Waals surface area contributed by atoms with Gasteiger partial charge in [-0.3, -0.25) is 9.59 Å². The van der Waals surface area contributed by atoms with Crippen molar-refractivity contribution in [2.24, 2.45) is 0 Å². The minimum atomic E-state index is -0.569. The molecule has 0 fully saturated rings. The molecule has 0 saturated carbocycles. The SMILES string of the molecule is COc1cc2c3c(n(CCCN(CCO)C(=O)OCc4ccc(C)cc4)c(=O)c2cc1OC)-c1cc2c(cc1C3=O)OCO2. The lowest BCUT2D eigenvalue weighted by Crippen LogP contribution is -2.36. The number of ether oxygens (including phenoxy) is 5. The monoisotopic (exact) mass is 600 g/mol. The first kappa shape index (κ1) is 29.1. The molecule has 1 aliphatic heterocycles. The molecular weight excluding hydrogens is 568 g/mol. The van der Waals surface area contributed by atoms with Gasteiger partial charge in [-0.25, -0.2) is 4.79 Å². The molecule has 1 amide bonds. The lowest BCUT2D eigenvalue weighted by atomic mass is 10.0. The number of pyridine rings is 1. The molecule has 2 heterocycles. The Morgan fingerprint density at radius 2 is 1.59 bits per heavy atom. The van der Waals surface area contributed by atoms with E-state index >= 15 is 0 Å². The van der Waals surface area contributed by atoms with Gasteiger partial charge in [0.1, 0.15) is 6.61 Å². The van der Waals surface area contributed by atoms with E-state index in [1.54, 1.807) is 28.8 Å². The first-order chi connectivity index (χ1) is 21.3. The van der Waals surface area contributed by atoms with Crippen molar-refractivity contribution in [2.75, 3.05) is 40.7 Å². The highest BCUT2D eigenvalue weighted by molar-refractivity contribution is 6.27. The van der Waals surface area contributed by atoms with Crippen LogP contribution in [-0.4, -0.2) is 67.2 Å². The van der Waals surface area contributed by atoms with Crippen molar-refractivity contribution >= 4 is 22.6 Å². The summed E-state index contributed by atoms with van der Waals surface area (Å²) in [5, 5.41) is 10.4. The summed E-state index contributed by atoms with van der Waals surface area (Å²) in [6, 6.07) is 14.3. The predicted molar refractivity (Wildman–Crippen MR) is 161 cm³/mol. The molecule has 0 atom stereocenters. The molecular formula is C33H32N2O9. The summed E-state index contributed by atoms with van der Waals surface area (Å²) in [5.41, 5.74) is 3.42. The third kappa shape index (κ3) is 5.09. The van der Waals surface area contributed by atoms with Crippen molar-refractivity contribution in [3.8, 4) is 34.3 Å². The summed E-state index contributed by atoms with van der Waals surface area (Å²) in [6.07, 6.45) is -0.223. The Bertz CT molecular complexity index is 1830. The van der Waals surface area contributed by atoms with Crippen LogP contribution < -0.4 is 24.5 Å². The second-order valence-corrected chi connectivity index (χ2v) is 10.6. The lowest BCUT2D eigenvalue weighted by Gasteiger charge is -2.22. The van der Waals surface area contributed by atoms with Crippen LogP contribution in [0.3, 0.4) is 0 Å². The second-order valence-electron chi connectivity index (χ2n) is 10.6. The highest BCUT2D eigenvalue weighted by Gasteiger charge is 2.35. The van der Waals surface area contributed by atoms with Crippen LogP contribution in [0.1, 0.15) is 33.5 Å². The molecule has 4 aromatic rings. The summed E-state index contributed by atoms with van der Waals surface area (Å²) >= 11 is 0. The minimum absolute atomic E-state index is 0.0432. The smallest absolute Gasteiger partial charge is 0.410 e. The van der Waals surface area contributed by atoms with Gasteiger partial charge in [0.15, 0.2) is 28.8 Å². The molecule has 0 unspecified atom stereocenters. The Morgan fingerprint density at radius 1 is 0.932 bits per heavy atom. The molecule has 0 spiro atoms. The zero-order valence-corrected chi connectivity index (χ0v) is 24.7. The van der Waals surface area contributed by atoms with Gasteiger partial charge in [0.05, 0.1) is 37.5 Å². The Hall–Kier alpha value is -5.03. The molecule has 0 bridgehead atoms. The van der Waals surface area contributed by atoms with Gasteiger partial charge in [-0.2, -0.15) is 0 Å². The Kier molecular flexibility index (Phi) is 7.88. The maximum atomic E-state index is 14.1. The number of hydrogen-bond donors (Lipinski definition) is 1. The highest BCUT2D eigenvalue weighted by Crippen LogP contribution is 2.46. The number of nitrogens with zero attached hydrogens (tertiary/aromatic N) is 2. The average Bonchev–Trinajstić information content (AvgIpc) is 3.61.